The molecule has 6 nitrogen and oxygen atoms in total. The van der Waals surface area contributed by atoms with Gasteiger partial charge in [0.05, 0.1) is 16.6 Å². The van der Waals surface area contributed by atoms with Crippen molar-refractivity contribution in [1.82, 2.24) is 4.72 Å². The van der Waals surface area contributed by atoms with Crippen molar-refractivity contribution >= 4 is 60.5 Å². The van der Waals surface area contributed by atoms with Crippen LogP contribution in [0.15, 0.2) is 68.7 Å². The molecule has 0 spiro atoms. The molecule has 2 aromatic carbocycles. The number of thiophene rings is 1. The zero-order valence-electron chi connectivity index (χ0n) is 15.8. The number of methoxy groups -OCH3 is 1. The predicted molar refractivity (Wildman–Crippen MR) is 123 cm³/mol. The smallest absolute Gasteiger partial charge is 0.250 e. The van der Waals surface area contributed by atoms with E-state index in [0.717, 1.165) is 16.9 Å². The zero-order chi connectivity index (χ0) is 21.7. The summed E-state index contributed by atoms with van der Waals surface area (Å²) in [6.45, 7) is 0. The van der Waals surface area contributed by atoms with Crippen LogP contribution in [-0.2, 0) is 21.2 Å². The molecule has 2 N–H and O–H groups in total. The van der Waals surface area contributed by atoms with E-state index < -0.39 is 22.0 Å². The van der Waals surface area contributed by atoms with E-state index in [1.807, 2.05) is 30.3 Å². The van der Waals surface area contributed by atoms with Crippen LogP contribution < -0.4 is 14.8 Å². The summed E-state index contributed by atoms with van der Waals surface area (Å²) in [6.07, 6.45) is 0.168. The van der Waals surface area contributed by atoms with Crippen molar-refractivity contribution in [3.63, 3.8) is 0 Å². The van der Waals surface area contributed by atoms with E-state index in [2.05, 4.69) is 26.0 Å². The van der Waals surface area contributed by atoms with Crippen molar-refractivity contribution in [3.05, 3.63) is 75.0 Å². The maximum Gasteiger partial charge on any atom is 0.250 e. The Bertz CT molecular complexity index is 1140. The number of carbonyl (C=O) groups is 1. The average molecular weight is 530 g/mol. The second kappa shape index (κ2) is 9.93. The molecule has 0 aliphatic heterocycles. The number of nitrogens with one attached hydrogen (secondary N) is 2. The molecule has 1 heterocycles. The first-order valence-corrected chi connectivity index (χ1v) is 12.2. The molecule has 0 saturated carbocycles. The minimum atomic E-state index is -3.90. The second-order valence-corrected chi connectivity index (χ2v) is 11.1. The van der Waals surface area contributed by atoms with Crippen molar-refractivity contribution in [2.45, 2.75) is 16.7 Å². The quantitative estimate of drug-likeness (QED) is 0.443. The maximum atomic E-state index is 13.1. The number of anilines is 1. The number of sulfonamides is 1. The Hall–Kier alpha value is -1.91. The monoisotopic (exact) mass is 528 g/mol. The fourth-order valence-electron chi connectivity index (χ4n) is 2.72. The predicted octanol–water partition coefficient (Wildman–Crippen LogP) is 4.70. The molecule has 0 radical (unpaired) electrons. The van der Waals surface area contributed by atoms with Gasteiger partial charge in [-0.1, -0.05) is 41.9 Å². The van der Waals surface area contributed by atoms with Crippen molar-refractivity contribution in [2.75, 3.05) is 12.4 Å². The van der Waals surface area contributed by atoms with Gasteiger partial charge in [-0.15, -0.1) is 11.3 Å². The third kappa shape index (κ3) is 5.83. The lowest BCUT2D eigenvalue weighted by Gasteiger charge is -2.19. The molecule has 0 unspecified atom stereocenters. The molecule has 1 atom stereocenters. The van der Waals surface area contributed by atoms with Gasteiger partial charge in [0.2, 0.25) is 5.91 Å². The van der Waals surface area contributed by atoms with Crippen LogP contribution in [0.5, 0.6) is 5.75 Å². The molecule has 158 valence electrons. The largest absolute Gasteiger partial charge is 0.495 e. The summed E-state index contributed by atoms with van der Waals surface area (Å²) in [7, 11) is -2.43. The molecular weight excluding hydrogens is 512 g/mol. The molecular formula is C20H18BrClN2O4S2. The van der Waals surface area contributed by atoms with Crippen molar-refractivity contribution in [2.24, 2.45) is 0 Å². The van der Waals surface area contributed by atoms with E-state index in [4.69, 9.17) is 16.3 Å². The molecule has 1 aromatic heterocycles. The Morgan fingerprint density at radius 3 is 2.53 bits per heavy atom. The highest BCUT2D eigenvalue weighted by molar-refractivity contribution is 9.11. The van der Waals surface area contributed by atoms with Crippen LogP contribution in [0.25, 0.3) is 0 Å². The number of hydrogen-bond donors (Lipinski definition) is 2. The van der Waals surface area contributed by atoms with Crippen LogP contribution >= 0.6 is 38.9 Å². The third-order valence-electron chi connectivity index (χ3n) is 4.13. The Kier molecular flexibility index (Phi) is 7.54. The minimum absolute atomic E-state index is 0.112. The number of ether oxygens (including phenoxy) is 1. The van der Waals surface area contributed by atoms with E-state index in [1.165, 1.54) is 13.2 Å². The van der Waals surface area contributed by atoms with Gasteiger partial charge in [-0.25, -0.2) is 8.42 Å². The van der Waals surface area contributed by atoms with Crippen molar-refractivity contribution in [3.8, 4) is 5.75 Å². The summed E-state index contributed by atoms with van der Waals surface area (Å²) in [5, 5.41) is 3.13. The molecule has 30 heavy (non-hydrogen) atoms. The summed E-state index contributed by atoms with van der Waals surface area (Å²) in [6, 6.07) is 16.0. The van der Waals surface area contributed by atoms with Gasteiger partial charge in [-0.2, -0.15) is 4.72 Å². The van der Waals surface area contributed by atoms with E-state index in [-0.39, 0.29) is 10.6 Å². The molecule has 10 heteroatoms. The minimum Gasteiger partial charge on any atom is -0.495 e. The maximum absolute atomic E-state index is 13.1. The Morgan fingerprint density at radius 2 is 1.90 bits per heavy atom. The van der Waals surface area contributed by atoms with Crippen LogP contribution in [0.4, 0.5) is 5.69 Å². The lowest BCUT2D eigenvalue weighted by molar-refractivity contribution is -0.117. The van der Waals surface area contributed by atoms with Crippen LogP contribution in [0, 0.1) is 0 Å². The van der Waals surface area contributed by atoms with Crippen LogP contribution in [-0.4, -0.2) is 27.5 Å². The van der Waals surface area contributed by atoms with Gasteiger partial charge in [0.1, 0.15) is 16.0 Å². The highest BCUT2D eigenvalue weighted by Gasteiger charge is 2.28. The van der Waals surface area contributed by atoms with Crippen molar-refractivity contribution in [1.29, 1.82) is 0 Å². The lowest BCUT2D eigenvalue weighted by Crippen LogP contribution is -2.45. The topological polar surface area (TPSA) is 84.5 Å². The third-order valence-corrected chi connectivity index (χ3v) is 7.95. The Balaban J connectivity index is 1.89. The number of carbonyl (C=O) groups excluding carboxylic acids is 1. The number of benzene rings is 2. The van der Waals surface area contributed by atoms with Crippen LogP contribution in [0.2, 0.25) is 5.02 Å². The highest BCUT2D eigenvalue weighted by atomic mass is 79.9. The van der Waals surface area contributed by atoms with Gasteiger partial charge in [-0.3, -0.25) is 4.79 Å². The first-order chi connectivity index (χ1) is 14.3. The summed E-state index contributed by atoms with van der Waals surface area (Å²) in [5.74, 6) is -0.116. The molecule has 0 bridgehead atoms. The van der Waals surface area contributed by atoms with Gasteiger partial charge >= 0.3 is 0 Å². The second-order valence-electron chi connectivity index (χ2n) is 6.26. The number of rotatable bonds is 8. The van der Waals surface area contributed by atoms with Gasteiger partial charge in [0, 0.05) is 5.02 Å². The molecule has 3 rings (SSSR count). The van der Waals surface area contributed by atoms with Gasteiger partial charge in [0.25, 0.3) is 10.0 Å². The van der Waals surface area contributed by atoms with Crippen molar-refractivity contribution < 1.29 is 17.9 Å². The summed E-state index contributed by atoms with van der Waals surface area (Å²) in [4.78, 5) is 13.1. The molecule has 1 amide bonds. The SMILES string of the molecule is COc1ccc(Cl)cc1NC(=O)[C@@H](Cc1ccccc1)NS(=O)(=O)c1ccc(Br)s1. The van der Waals surface area contributed by atoms with Gasteiger partial charge < -0.3 is 10.1 Å². The first kappa shape index (κ1) is 22.8. The van der Waals surface area contributed by atoms with E-state index >= 15 is 0 Å². The molecule has 0 aliphatic rings. The number of halogens is 2. The van der Waals surface area contributed by atoms with Crippen LogP contribution in [0.1, 0.15) is 5.56 Å². The zero-order valence-corrected chi connectivity index (χ0v) is 19.7. The Labute approximate surface area is 192 Å². The lowest BCUT2D eigenvalue weighted by atomic mass is 10.1. The summed E-state index contributed by atoms with van der Waals surface area (Å²) < 4.78 is 34.2. The van der Waals surface area contributed by atoms with Gasteiger partial charge in [-0.05, 0) is 58.2 Å². The van der Waals surface area contributed by atoms with E-state index in [1.54, 1.807) is 24.3 Å². The first-order valence-electron chi connectivity index (χ1n) is 8.74. The number of hydrogen-bond acceptors (Lipinski definition) is 5. The molecule has 3 aromatic rings. The summed E-state index contributed by atoms with van der Waals surface area (Å²) >= 11 is 10.4. The Morgan fingerprint density at radius 1 is 1.17 bits per heavy atom. The van der Waals surface area contributed by atoms with E-state index in [9.17, 15) is 13.2 Å². The molecule has 0 fully saturated rings. The molecule has 0 saturated heterocycles. The van der Waals surface area contributed by atoms with Crippen LogP contribution in [0.3, 0.4) is 0 Å². The number of amides is 1. The fraction of sp³-hybridized carbons (Fsp3) is 0.150. The normalized spacial score (nSPS) is 12.4. The summed E-state index contributed by atoms with van der Waals surface area (Å²) in [5.41, 5.74) is 1.16. The standard InChI is InChI=1S/C20H18BrClN2O4S2/c1-28-17-8-7-14(22)12-15(17)23-20(25)16(11-13-5-3-2-4-6-13)24-30(26,27)19-10-9-18(21)29-19/h2-10,12,16,24H,11H2,1H3,(H,23,25)/t16-/m1/s1. The molecule has 0 aliphatic carbocycles. The van der Waals surface area contributed by atoms with Gasteiger partial charge in [0.15, 0.2) is 0 Å². The average Bonchev–Trinajstić information content (AvgIpc) is 3.16. The fourth-order valence-corrected chi connectivity index (χ4v) is 6.12. The van der Waals surface area contributed by atoms with E-state index in [0.29, 0.717) is 20.2 Å². The highest BCUT2D eigenvalue weighted by Crippen LogP contribution is 2.29.